The first-order valence-electron chi connectivity index (χ1n) is 20.1. The van der Waals surface area contributed by atoms with Gasteiger partial charge in [0.2, 0.25) is 0 Å². The van der Waals surface area contributed by atoms with E-state index in [2.05, 4.69) is 19.9 Å². The second-order valence-corrected chi connectivity index (χ2v) is 15.4. The summed E-state index contributed by atoms with van der Waals surface area (Å²) in [5.74, 6) is -54.7. The maximum atomic E-state index is 16.7. The van der Waals surface area contributed by atoms with Crippen molar-refractivity contribution >= 4 is 22.3 Å². The molecule has 2 aliphatic carbocycles. The summed E-state index contributed by atoms with van der Waals surface area (Å²) in [5, 5.41) is 37.3. The van der Waals surface area contributed by atoms with Gasteiger partial charge in [-0.05, 0) is 12.1 Å². The molecule has 0 aliphatic heterocycles. The van der Waals surface area contributed by atoms with Crippen LogP contribution < -0.4 is 0 Å². The minimum Gasteiger partial charge on any atom is -0.237 e. The third kappa shape index (κ3) is 7.77. The Hall–Kier alpha value is -9.84. The molecular formula is C48H6F22N8. The molecule has 0 amide bonds. The van der Waals surface area contributed by atoms with Crippen LogP contribution in [0.5, 0.6) is 0 Å². The van der Waals surface area contributed by atoms with Gasteiger partial charge in [-0.2, -0.15) is 47.4 Å². The zero-order valence-corrected chi connectivity index (χ0v) is 36.4. The van der Waals surface area contributed by atoms with Gasteiger partial charge in [-0.25, -0.2) is 90.2 Å². The van der Waals surface area contributed by atoms with Gasteiger partial charge in [-0.15, -0.1) is 0 Å². The molecule has 2 aromatic heterocycles. The highest BCUT2D eigenvalue weighted by Gasteiger charge is 2.59. The molecule has 8 nitrogen and oxygen atoms in total. The topological polar surface area (TPSA) is 147 Å². The number of nitriles is 4. The van der Waals surface area contributed by atoms with E-state index < -0.39 is 217 Å². The standard InChI is InChI=1S/C48H6F22N8/c49-29-11(7-71)30(50)38(58)23(37(29)57)17(24-39(59)31(51)12(8-72)32(52)40(24)60)15-19-20(27(47(65,66)67)21(15)45-75-3-1-4-76-45)16(22(28(19)48(68,69)70)46-77-5-2-6-78-46)18(25-41(61)33(53)13(9-73)34(54)42(25)62)26-43(63)35(55)14(10-74)36(56)44(26)64/h1-6H. The Morgan fingerprint density at radius 2 is 0.500 bits per heavy atom. The summed E-state index contributed by atoms with van der Waals surface area (Å²) in [6, 6.07) is 3.49. The Kier molecular flexibility index (Phi) is 13.3. The first kappa shape index (κ1) is 54.4. The van der Waals surface area contributed by atoms with Crippen LogP contribution in [0.3, 0.4) is 0 Å². The van der Waals surface area contributed by atoms with Crippen molar-refractivity contribution in [3.05, 3.63) is 220 Å². The van der Waals surface area contributed by atoms with Crippen LogP contribution in [0.4, 0.5) is 96.6 Å². The quantitative estimate of drug-likeness (QED) is 0.118. The smallest absolute Gasteiger partial charge is 0.237 e. The molecule has 0 fully saturated rings. The number of halogens is 22. The van der Waals surface area contributed by atoms with E-state index in [1.165, 1.54) is 0 Å². The van der Waals surface area contributed by atoms with Crippen molar-refractivity contribution in [3.8, 4) is 24.3 Å². The van der Waals surface area contributed by atoms with Gasteiger partial charge in [0.1, 0.15) is 46.5 Å². The fraction of sp³-hybridized carbons (Fsp3) is 0.0417. The van der Waals surface area contributed by atoms with E-state index in [0.29, 0.717) is 61.2 Å². The lowest BCUT2D eigenvalue weighted by Gasteiger charge is -2.25. The molecule has 4 aromatic carbocycles. The lowest BCUT2D eigenvalue weighted by molar-refractivity contribution is -0.0902. The summed E-state index contributed by atoms with van der Waals surface area (Å²) in [7, 11) is 0. The molecule has 30 heteroatoms. The molecule has 0 N–H and O–H groups in total. The van der Waals surface area contributed by atoms with Gasteiger partial charge >= 0.3 is 12.4 Å². The molecule has 2 aliphatic rings. The van der Waals surface area contributed by atoms with Crippen molar-refractivity contribution in [2.24, 2.45) is 0 Å². The molecule has 0 saturated heterocycles. The predicted molar refractivity (Wildman–Crippen MR) is 213 cm³/mol. The van der Waals surface area contributed by atoms with Crippen LogP contribution in [0.25, 0.3) is 22.3 Å². The normalized spacial score (nSPS) is 13.5. The third-order valence-electron chi connectivity index (χ3n) is 11.4. The Balaban J connectivity index is 1.91. The average Bonchev–Trinajstić information content (AvgIpc) is 3.93. The number of alkyl halides is 6. The average molecular weight is 1110 g/mol. The van der Waals surface area contributed by atoms with Crippen LogP contribution in [0.15, 0.2) is 70.4 Å². The monoisotopic (exact) mass is 1110 g/mol. The van der Waals surface area contributed by atoms with Crippen LogP contribution in [-0.2, 0) is 0 Å². The largest absolute Gasteiger partial charge is 0.417 e. The van der Waals surface area contributed by atoms with Gasteiger partial charge in [0.25, 0.3) is 0 Å². The number of benzene rings is 4. The van der Waals surface area contributed by atoms with Crippen molar-refractivity contribution in [3.63, 3.8) is 0 Å². The van der Waals surface area contributed by atoms with Gasteiger partial charge in [-0.1, -0.05) is 0 Å². The first-order chi connectivity index (χ1) is 36.6. The van der Waals surface area contributed by atoms with E-state index in [1.807, 2.05) is 0 Å². The van der Waals surface area contributed by atoms with Gasteiger partial charge in [0, 0.05) is 69.4 Å². The second-order valence-electron chi connectivity index (χ2n) is 15.4. The van der Waals surface area contributed by atoms with Crippen molar-refractivity contribution in [2.75, 3.05) is 0 Å². The predicted octanol–water partition coefficient (Wildman–Crippen LogP) is 12.6. The van der Waals surface area contributed by atoms with Crippen LogP contribution in [0.2, 0.25) is 0 Å². The van der Waals surface area contributed by atoms with Gasteiger partial charge < -0.3 is 0 Å². The Morgan fingerprint density at radius 3 is 0.667 bits per heavy atom. The van der Waals surface area contributed by atoms with E-state index in [0.717, 1.165) is 0 Å². The summed E-state index contributed by atoms with van der Waals surface area (Å²) >= 11 is 0. The fourth-order valence-electron chi connectivity index (χ4n) is 8.42. The van der Waals surface area contributed by atoms with E-state index in [4.69, 9.17) is 0 Å². The van der Waals surface area contributed by atoms with Crippen molar-refractivity contribution < 1.29 is 96.6 Å². The molecule has 6 aromatic rings. The number of rotatable bonds is 6. The molecule has 2 heterocycles. The minimum atomic E-state index is -6.81. The zero-order chi connectivity index (χ0) is 57.7. The molecule has 0 spiro atoms. The van der Waals surface area contributed by atoms with E-state index in [-0.39, 0.29) is 0 Å². The van der Waals surface area contributed by atoms with Crippen LogP contribution in [-0.4, -0.2) is 32.3 Å². The maximum absolute atomic E-state index is 16.7. The van der Waals surface area contributed by atoms with Crippen molar-refractivity contribution in [1.29, 1.82) is 21.0 Å². The Morgan fingerprint density at radius 1 is 0.308 bits per heavy atom. The number of nitrogens with zero attached hydrogens (tertiary/aromatic N) is 8. The van der Waals surface area contributed by atoms with Crippen molar-refractivity contribution in [2.45, 2.75) is 12.4 Å². The summed E-state index contributed by atoms with van der Waals surface area (Å²) in [6.07, 6.45) is -12.3. The molecule has 0 atom stereocenters. The number of allylic oxidation sites excluding steroid dienone is 8. The minimum absolute atomic E-state index is 0.334. The fourth-order valence-corrected chi connectivity index (χ4v) is 8.42. The Labute approximate surface area is 415 Å². The third-order valence-corrected chi connectivity index (χ3v) is 11.4. The summed E-state index contributed by atoms with van der Waals surface area (Å²) in [6.45, 7) is 0. The van der Waals surface area contributed by atoms with Gasteiger partial charge in [0.05, 0.1) is 33.4 Å². The lowest BCUT2D eigenvalue weighted by atomic mass is 9.81. The Bertz CT molecular complexity index is 3540. The second kappa shape index (κ2) is 19.1. The zero-order valence-electron chi connectivity index (χ0n) is 36.4. The van der Waals surface area contributed by atoms with Crippen LogP contribution >= 0.6 is 0 Å². The SMILES string of the molecule is N#Cc1c(F)c(F)c(C(=C2C3=C(C(=C(c4c(F)c(F)c(C#N)c(F)c4F)c4c(F)c(F)c(C#N)c(F)c4F)C(c4ncccn4)=C3C(F)(F)F)C(C(F)(F)F)=C2c2ncccn2)c2c(F)c(F)c(C#N)c(F)c2F)c(F)c1F. The highest BCUT2D eigenvalue weighted by atomic mass is 19.4. The van der Waals surface area contributed by atoms with Crippen molar-refractivity contribution in [1.82, 2.24) is 19.9 Å². The molecule has 0 radical (unpaired) electrons. The number of aromatic nitrogens is 4. The van der Waals surface area contributed by atoms with Gasteiger partial charge in [-0.3, -0.25) is 0 Å². The first-order valence-corrected chi connectivity index (χ1v) is 20.1. The maximum Gasteiger partial charge on any atom is 0.417 e. The van der Waals surface area contributed by atoms with E-state index in [9.17, 15) is 21.0 Å². The summed E-state index contributed by atoms with van der Waals surface area (Å²) in [4.78, 5) is 13.4. The molecule has 8 rings (SSSR count). The molecule has 0 unspecified atom stereocenters. The van der Waals surface area contributed by atoms with Gasteiger partial charge in [0.15, 0.2) is 105 Å². The lowest BCUT2D eigenvalue weighted by Crippen LogP contribution is -2.20. The molecule has 0 saturated carbocycles. The van der Waals surface area contributed by atoms with Crippen LogP contribution in [0.1, 0.15) is 56.2 Å². The molecule has 78 heavy (non-hydrogen) atoms. The van der Waals surface area contributed by atoms with E-state index >= 15 is 96.6 Å². The molecular weight excluding hydrogens is 1110 g/mol. The molecule has 392 valence electrons. The summed E-state index contributed by atoms with van der Waals surface area (Å²) in [5.41, 5.74) is -50.5. The highest BCUT2D eigenvalue weighted by Crippen LogP contribution is 2.65. The number of hydrogen-bond donors (Lipinski definition) is 0. The van der Waals surface area contributed by atoms with Crippen LogP contribution in [0, 0.1) is 138 Å². The summed E-state index contributed by atoms with van der Waals surface area (Å²) < 4.78 is 360. The molecule has 0 bridgehead atoms. The van der Waals surface area contributed by atoms with E-state index in [1.54, 1.807) is 0 Å². The number of hydrogen-bond acceptors (Lipinski definition) is 8. The highest BCUT2D eigenvalue weighted by molar-refractivity contribution is 6.15.